The molecule has 0 unspecified atom stereocenters. The molecule has 0 spiro atoms. The Kier molecular flexibility index (Phi) is 3.59. The number of amides is 1. The molecule has 4 nitrogen and oxygen atoms in total. The zero-order valence-corrected chi connectivity index (χ0v) is 12.1. The van der Waals surface area contributed by atoms with Gasteiger partial charge in [0.05, 0.1) is 0 Å². The van der Waals surface area contributed by atoms with Crippen LogP contribution in [0.3, 0.4) is 0 Å². The zero-order valence-electron chi connectivity index (χ0n) is 11.3. The lowest BCUT2D eigenvalue weighted by Gasteiger charge is -2.06. The number of hydrogen-bond donors (Lipinski definition) is 1. The number of benzene rings is 1. The molecule has 0 aliphatic heterocycles. The van der Waals surface area contributed by atoms with Gasteiger partial charge in [0.25, 0.3) is 0 Å². The van der Waals surface area contributed by atoms with E-state index >= 15 is 0 Å². The summed E-state index contributed by atoms with van der Waals surface area (Å²) in [6.45, 7) is 1.82. The number of carbonyl (C=O) groups is 1. The van der Waals surface area contributed by atoms with Gasteiger partial charge in [0, 0.05) is 34.3 Å². The van der Waals surface area contributed by atoms with Crippen LogP contribution in [0.15, 0.2) is 30.5 Å². The van der Waals surface area contributed by atoms with Gasteiger partial charge in [-0.05, 0) is 31.5 Å². The van der Waals surface area contributed by atoms with E-state index in [0.29, 0.717) is 17.0 Å². The van der Waals surface area contributed by atoms with Crippen molar-refractivity contribution in [2.24, 2.45) is 5.92 Å². The van der Waals surface area contributed by atoms with E-state index in [2.05, 4.69) is 15.3 Å². The number of aryl methyl sites for hydroxylation is 1. The number of hydrogen-bond acceptors (Lipinski definition) is 3. The predicted molar refractivity (Wildman–Crippen MR) is 77.7 cm³/mol. The maximum atomic E-state index is 13.8. The molecule has 6 heteroatoms. The predicted octanol–water partition coefficient (Wildman–Crippen LogP) is 3.32. The van der Waals surface area contributed by atoms with Crippen molar-refractivity contribution in [2.45, 2.75) is 19.3 Å². The van der Waals surface area contributed by atoms with Gasteiger partial charge in [0.1, 0.15) is 5.82 Å². The number of carbonyl (C=O) groups excluding carboxylic acids is 1. The van der Waals surface area contributed by atoms with Crippen LogP contribution in [0.4, 0.5) is 10.3 Å². The van der Waals surface area contributed by atoms with Gasteiger partial charge >= 0.3 is 0 Å². The molecule has 1 aliphatic rings. The molecule has 0 saturated heterocycles. The van der Waals surface area contributed by atoms with E-state index in [9.17, 15) is 9.18 Å². The van der Waals surface area contributed by atoms with E-state index in [-0.39, 0.29) is 29.5 Å². The highest BCUT2D eigenvalue weighted by atomic mass is 35.5. The molecule has 21 heavy (non-hydrogen) atoms. The molecule has 108 valence electrons. The number of halogens is 2. The number of rotatable bonds is 3. The van der Waals surface area contributed by atoms with Gasteiger partial charge in [-0.1, -0.05) is 17.7 Å². The first kappa shape index (κ1) is 13.9. The van der Waals surface area contributed by atoms with E-state index < -0.39 is 0 Å². The molecule has 1 fully saturated rings. The summed E-state index contributed by atoms with van der Waals surface area (Å²) in [6, 6.07) is 6.29. The molecule has 1 aliphatic carbocycles. The molecule has 2 aromatic rings. The van der Waals surface area contributed by atoms with Gasteiger partial charge in [0.15, 0.2) is 0 Å². The third kappa shape index (κ3) is 2.88. The van der Waals surface area contributed by atoms with E-state index in [1.807, 2.05) is 6.92 Å². The fraction of sp³-hybridized carbons (Fsp3) is 0.267. The molecule has 3 rings (SSSR count). The summed E-state index contributed by atoms with van der Waals surface area (Å²) in [5.74, 6) is -0.767. The quantitative estimate of drug-likeness (QED) is 0.946. The van der Waals surface area contributed by atoms with Crippen LogP contribution in [-0.2, 0) is 4.79 Å². The second-order valence-electron chi connectivity index (χ2n) is 5.09. The Bertz CT molecular complexity index is 687. The minimum atomic E-state index is -0.366. The first-order chi connectivity index (χ1) is 10.1. The van der Waals surface area contributed by atoms with E-state index in [1.165, 1.54) is 6.07 Å². The summed E-state index contributed by atoms with van der Waals surface area (Å²) in [5, 5.41) is 3.02. The van der Waals surface area contributed by atoms with Crippen LogP contribution >= 0.6 is 11.6 Å². The fourth-order valence-corrected chi connectivity index (χ4v) is 2.68. The normalized spacial score (nSPS) is 20.1. The van der Waals surface area contributed by atoms with E-state index in [0.717, 1.165) is 5.69 Å². The van der Waals surface area contributed by atoms with Crippen molar-refractivity contribution in [3.05, 3.63) is 52.6 Å². The average molecular weight is 306 g/mol. The minimum absolute atomic E-state index is 0.177. The number of anilines is 1. The molecule has 1 saturated carbocycles. The van der Waals surface area contributed by atoms with Crippen LogP contribution in [0.25, 0.3) is 0 Å². The minimum Gasteiger partial charge on any atom is -0.294 e. The lowest BCUT2D eigenvalue weighted by Crippen LogP contribution is -2.17. The topological polar surface area (TPSA) is 54.9 Å². The van der Waals surface area contributed by atoms with Gasteiger partial charge in [-0.25, -0.2) is 14.4 Å². The van der Waals surface area contributed by atoms with Crippen LogP contribution in [0.5, 0.6) is 0 Å². The Hall–Kier alpha value is -2.01. The van der Waals surface area contributed by atoms with Gasteiger partial charge in [-0.2, -0.15) is 0 Å². The van der Waals surface area contributed by atoms with Crippen molar-refractivity contribution in [1.82, 2.24) is 9.97 Å². The highest BCUT2D eigenvalue weighted by Crippen LogP contribution is 2.50. The summed E-state index contributed by atoms with van der Waals surface area (Å²) in [6.07, 6.45) is 2.16. The van der Waals surface area contributed by atoms with Crippen LogP contribution in [0.2, 0.25) is 5.02 Å². The zero-order chi connectivity index (χ0) is 15.0. The second-order valence-corrected chi connectivity index (χ2v) is 5.50. The Morgan fingerprint density at radius 2 is 2.24 bits per heavy atom. The number of nitrogens with zero attached hydrogens (tertiary/aromatic N) is 2. The molecule has 0 radical (unpaired) electrons. The van der Waals surface area contributed by atoms with Crippen LogP contribution < -0.4 is 5.32 Å². The average Bonchev–Trinajstić information content (AvgIpc) is 3.19. The lowest BCUT2D eigenvalue weighted by atomic mass is 10.1. The lowest BCUT2D eigenvalue weighted by molar-refractivity contribution is -0.117. The Morgan fingerprint density at radius 1 is 1.43 bits per heavy atom. The van der Waals surface area contributed by atoms with Gasteiger partial charge in [-0.15, -0.1) is 0 Å². The van der Waals surface area contributed by atoms with Gasteiger partial charge in [0.2, 0.25) is 11.9 Å². The van der Waals surface area contributed by atoms with Crippen LogP contribution in [0.1, 0.15) is 23.6 Å². The van der Waals surface area contributed by atoms with Crippen molar-refractivity contribution in [1.29, 1.82) is 0 Å². The highest BCUT2D eigenvalue weighted by Gasteiger charge is 2.46. The molecule has 0 bridgehead atoms. The van der Waals surface area contributed by atoms with Crippen LogP contribution in [-0.4, -0.2) is 15.9 Å². The number of nitrogens with one attached hydrogen (secondary N) is 1. The molecule has 1 N–H and O–H groups in total. The maximum Gasteiger partial charge on any atom is 0.230 e. The molecule has 1 amide bonds. The van der Waals surface area contributed by atoms with Gasteiger partial charge < -0.3 is 0 Å². The molecule has 1 aromatic carbocycles. The van der Waals surface area contributed by atoms with Crippen molar-refractivity contribution in [3.63, 3.8) is 0 Å². The Balaban J connectivity index is 1.72. The van der Waals surface area contributed by atoms with Gasteiger partial charge in [-0.3, -0.25) is 10.1 Å². The van der Waals surface area contributed by atoms with Crippen LogP contribution in [0, 0.1) is 18.7 Å². The Morgan fingerprint density at radius 3 is 2.95 bits per heavy atom. The monoisotopic (exact) mass is 305 g/mol. The Labute approximate surface area is 126 Å². The first-order valence-corrected chi connectivity index (χ1v) is 6.98. The van der Waals surface area contributed by atoms with E-state index in [1.54, 1.807) is 24.4 Å². The largest absolute Gasteiger partial charge is 0.294 e. The molecule has 1 heterocycles. The first-order valence-electron chi connectivity index (χ1n) is 6.60. The fourth-order valence-electron chi connectivity index (χ4n) is 2.38. The molecular formula is C15H13ClFN3O. The van der Waals surface area contributed by atoms with Crippen molar-refractivity contribution in [2.75, 3.05) is 5.32 Å². The molecule has 2 atom stereocenters. The third-order valence-electron chi connectivity index (χ3n) is 3.53. The standard InChI is InChI=1S/C15H13ClFN3O/c1-8-5-6-18-15(19-8)20-14(21)10-7-9(10)13-11(16)3-2-4-12(13)17/h2-6,9-10H,7H2,1H3,(H,18,19,20,21)/t9-,10-/m0/s1. The summed E-state index contributed by atoms with van der Waals surface area (Å²) < 4.78 is 13.8. The summed E-state index contributed by atoms with van der Waals surface area (Å²) >= 11 is 6.02. The second kappa shape index (κ2) is 5.41. The maximum absolute atomic E-state index is 13.8. The SMILES string of the molecule is Cc1ccnc(NC(=O)[C@H]2C[C@@H]2c2c(F)cccc2Cl)n1. The molecule has 1 aromatic heterocycles. The smallest absolute Gasteiger partial charge is 0.230 e. The van der Waals surface area contributed by atoms with Crippen molar-refractivity contribution in [3.8, 4) is 0 Å². The summed E-state index contributed by atoms with van der Waals surface area (Å²) in [5.41, 5.74) is 1.19. The number of aromatic nitrogens is 2. The van der Waals surface area contributed by atoms with Crippen molar-refractivity contribution < 1.29 is 9.18 Å². The van der Waals surface area contributed by atoms with Crippen molar-refractivity contribution >= 4 is 23.5 Å². The summed E-state index contributed by atoms with van der Waals surface area (Å²) in [7, 11) is 0. The molecular weight excluding hydrogens is 293 g/mol. The highest BCUT2D eigenvalue weighted by molar-refractivity contribution is 6.31. The third-order valence-corrected chi connectivity index (χ3v) is 3.86. The van der Waals surface area contributed by atoms with E-state index in [4.69, 9.17) is 11.6 Å². The summed E-state index contributed by atoms with van der Waals surface area (Å²) in [4.78, 5) is 20.2.